The molecule has 1 aromatic carbocycles. The molecule has 1 atom stereocenters. The largest absolute Gasteiger partial charge is 0.375 e. The zero-order valence-corrected chi connectivity index (χ0v) is 19.9. The predicted molar refractivity (Wildman–Crippen MR) is 136 cm³/mol. The van der Waals surface area contributed by atoms with E-state index in [0.717, 1.165) is 53.7 Å². The van der Waals surface area contributed by atoms with Gasteiger partial charge in [-0.15, -0.1) is 0 Å². The summed E-state index contributed by atoms with van der Waals surface area (Å²) in [4.78, 5) is 26.8. The van der Waals surface area contributed by atoms with E-state index in [0.29, 0.717) is 12.6 Å². The molecule has 2 aliphatic heterocycles. The molecular weight excluding hydrogens is 438 g/mol. The molecule has 0 radical (unpaired) electrons. The van der Waals surface area contributed by atoms with Gasteiger partial charge in [-0.05, 0) is 66.3 Å². The molecule has 2 aliphatic rings. The second-order valence-electron chi connectivity index (χ2n) is 9.41. The molecule has 0 unspecified atom stereocenters. The second kappa shape index (κ2) is 9.24. The van der Waals surface area contributed by atoms with Gasteiger partial charge in [0, 0.05) is 73.1 Å². The van der Waals surface area contributed by atoms with E-state index in [1.165, 1.54) is 28.7 Å². The van der Waals surface area contributed by atoms with Crippen molar-refractivity contribution in [1.29, 1.82) is 0 Å². The van der Waals surface area contributed by atoms with E-state index in [9.17, 15) is 4.79 Å². The summed E-state index contributed by atoms with van der Waals surface area (Å²) in [5.41, 5.74) is 9.25. The molecule has 1 fully saturated rings. The first kappa shape index (κ1) is 21.9. The van der Waals surface area contributed by atoms with Crippen molar-refractivity contribution < 1.29 is 9.53 Å². The van der Waals surface area contributed by atoms with Crippen molar-refractivity contribution in [3.05, 3.63) is 71.8 Å². The van der Waals surface area contributed by atoms with Gasteiger partial charge in [0.2, 0.25) is 5.91 Å². The van der Waals surface area contributed by atoms with E-state index < -0.39 is 0 Å². The van der Waals surface area contributed by atoms with Gasteiger partial charge in [-0.2, -0.15) is 0 Å². The maximum atomic E-state index is 12.5. The summed E-state index contributed by atoms with van der Waals surface area (Å²) >= 11 is 0. The minimum atomic E-state index is 0.0533. The lowest BCUT2D eigenvalue weighted by molar-refractivity contribution is -0.136. The van der Waals surface area contributed by atoms with E-state index in [2.05, 4.69) is 39.6 Å². The van der Waals surface area contributed by atoms with Crippen LogP contribution >= 0.6 is 0 Å². The van der Waals surface area contributed by atoms with E-state index in [1.807, 2.05) is 29.6 Å². The van der Waals surface area contributed by atoms with Crippen molar-refractivity contribution >= 4 is 16.9 Å². The van der Waals surface area contributed by atoms with Gasteiger partial charge in [0.25, 0.3) is 0 Å². The Morgan fingerprint density at radius 1 is 1.20 bits per heavy atom. The third kappa shape index (κ3) is 4.11. The Hall–Kier alpha value is -3.55. The molecule has 5 heterocycles. The molecule has 35 heavy (non-hydrogen) atoms. The van der Waals surface area contributed by atoms with Gasteiger partial charge in [-0.25, -0.2) is 4.98 Å². The summed E-state index contributed by atoms with van der Waals surface area (Å²) in [6.07, 6.45) is 10.8. The first-order valence-corrected chi connectivity index (χ1v) is 12.2. The van der Waals surface area contributed by atoms with Crippen LogP contribution in [-0.2, 0) is 22.5 Å². The number of hydrogen-bond donors (Lipinski definition) is 2. The number of carbonyl (C=O) groups is 1. The number of carbonyl (C=O) groups excluding carboxylic acids is 1. The van der Waals surface area contributed by atoms with Crippen molar-refractivity contribution in [2.45, 2.75) is 31.8 Å². The van der Waals surface area contributed by atoms with Crippen LogP contribution in [0.15, 0.2) is 55.1 Å². The molecule has 1 amide bonds. The Kier molecular flexibility index (Phi) is 5.80. The molecule has 7 nitrogen and oxygen atoms in total. The van der Waals surface area contributed by atoms with Crippen molar-refractivity contribution in [2.24, 2.45) is 0 Å². The van der Waals surface area contributed by atoms with Gasteiger partial charge in [0.05, 0.1) is 0 Å². The lowest BCUT2D eigenvalue weighted by atomic mass is 9.87. The maximum absolute atomic E-state index is 12.5. The van der Waals surface area contributed by atoms with Gasteiger partial charge < -0.3 is 19.9 Å². The van der Waals surface area contributed by atoms with Crippen molar-refractivity contribution in [3.8, 4) is 22.3 Å². The summed E-state index contributed by atoms with van der Waals surface area (Å²) in [5, 5.41) is 4.76. The third-order valence-electron chi connectivity index (χ3n) is 7.27. The number of H-pyrrole nitrogens is 1. The molecule has 0 bridgehead atoms. The highest BCUT2D eigenvalue weighted by atomic mass is 16.5. The number of nitrogens with zero attached hydrogens (tertiary/aromatic N) is 3. The lowest BCUT2D eigenvalue weighted by Crippen LogP contribution is -2.38. The molecule has 7 heteroatoms. The van der Waals surface area contributed by atoms with Gasteiger partial charge in [-0.1, -0.05) is 12.1 Å². The Labute approximate surface area is 204 Å². The number of hydrogen-bond acceptors (Lipinski definition) is 5. The number of amides is 1. The second-order valence-corrected chi connectivity index (χ2v) is 9.41. The Morgan fingerprint density at radius 2 is 2.14 bits per heavy atom. The third-order valence-corrected chi connectivity index (χ3v) is 7.27. The molecule has 0 saturated carbocycles. The number of aromatic amines is 1. The molecule has 0 aliphatic carbocycles. The minimum Gasteiger partial charge on any atom is -0.375 e. The summed E-state index contributed by atoms with van der Waals surface area (Å²) in [5.74, 6) is 0.0533. The van der Waals surface area contributed by atoms with Gasteiger partial charge in [0.15, 0.2) is 0 Å². The van der Waals surface area contributed by atoms with Crippen LogP contribution < -0.4 is 5.32 Å². The standard InChI is InChI=1S/C28H29N5O2/c1-35-17-27(34)33-9-6-18-10-20(11-22(25(18)16-33)26-5-3-8-30-26)21-12-23-24(15-32-28(23)31-14-21)19-4-2-7-29-13-19/h2,4,7,10-15,26,30H,3,5-6,8-9,16-17H2,1H3,(H,31,32)/t26-/m0/s1. The molecule has 3 aromatic heterocycles. The first-order chi connectivity index (χ1) is 17.2. The predicted octanol–water partition coefficient (Wildman–Crippen LogP) is 4.25. The van der Waals surface area contributed by atoms with Crippen LogP contribution in [0.1, 0.15) is 35.6 Å². The fraction of sp³-hybridized carbons (Fsp3) is 0.321. The summed E-state index contributed by atoms with van der Waals surface area (Å²) in [7, 11) is 1.57. The Bertz CT molecular complexity index is 1380. The smallest absolute Gasteiger partial charge is 0.248 e. The fourth-order valence-corrected chi connectivity index (χ4v) is 5.48. The van der Waals surface area contributed by atoms with Crippen molar-refractivity contribution in [2.75, 3.05) is 26.8 Å². The van der Waals surface area contributed by atoms with Crippen LogP contribution in [0.4, 0.5) is 0 Å². The summed E-state index contributed by atoms with van der Waals surface area (Å²) in [6, 6.07) is 11.2. The van der Waals surface area contributed by atoms with Crippen molar-refractivity contribution in [3.63, 3.8) is 0 Å². The van der Waals surface area contributed by atoms with Gasteiger partial charge >= 0.3 is 0 Å². The average Bonchev–Trinajstić information content (AvgIpc) is 3.58. The highest BCUT2D eigenvalue weighted by Gasteiger charge is 2.28. The zero-order valence-electron chi connectivity index (χ0n) is 19.9. The molecule has 6 rings (SSSR count). The summed E-state index contributed by atoms with van der Waals surface area (Å²) < 4.78 is 5.10. The SMILES string of the molecule is COCC(=O)N1CCc2cc(-c3cnc4[nH]cc(-c5cccnc5)c4c3)cc([C@@H]3CCCN3)c2C1. The number of ether oxygens (including phenoxy) is 1. The monoisotopic (exact) mass is 467 g/mol. The number of pyridine rings is 2. The number of rotatable bonds is 5. The van der Waals surface area contributed by atoms with Crippen LogP contribution in [-0.4, -0.2) is 52.6 Å². The zero-order chi connectivity index (χ0) is 23.8. The molecule has 178 valence electrons. The number of aromatic nitrogens is 3. The van der Waals surface area contributed by atoms with E-state index in [1.54, 1.807) is 13.3 Å². The fourth-order valence-electron chi connectivity index (χ4n) is 5.48. The molecule has 2 N–H and O–H groups in total. The van der Waals surface area contributed by atoms with Crippen molar-refractivity contribution in [1.82, 2.24) is 25.2 Å². The average molecular weight is 468 g/mol. The number of methoxy groups -OCH3 is 1. The molecular formula is C28H29N5O2. The van der Waals surface area contributed by atoms with Gasteiger partial charge in [-0.3, -0.25) is 9.78 Å². The molecule has 1 saturated heterocycles. The van der Waals surface area contributed by atoms with Crippen LogP contribution in [0.5, 0.6) is 0 Å². The highest BCUT2D eigenvalue weighted by molar-refractivity contribution is 5.95. The lowest BCUT2D eigenvalue weighted by Gasteiger charge is -2.32. The van der Waals surface area contributed by atoms with Crippen LogP contribution in [0.3, 0.4) is 0 Å². The molecule has 4 aromatic rings. The highest BCUT2D eigenvalue weighted by Crippen LogP contribution is 2.37. The van der Waals surface area contributed by atoms with Crippen LogP contribution in [0.25, 0.3) is 33.3 Å². The van der Waals surface area contributed by atoms with E-state index >= 15 is 0 Å². The first-order valence-electron chi connectivity index (χ1n) is 12.2. The number of fused-ring (bicyclic) bond motifs is 2. The quantitative estimate of drug-likeness (QED) is 0.459. The topological polar surface area (TPSA) is 83.1 Å². The normalized spacial score (nSPS) is 17.6. The maximum Gasteiger partial charge on any atom is 0.248 e. The summed E-state index contributed by atoms with van der Waals surface area (Å²) in [6.45, 7) is 2.52. The number of benzene rings is 1. The van der Waals surface area contributed by atoms with Crippen LogP contribution in [0, 0.1) is 0 Å². The van der Waals surface area contributed by atoms with E-state index in [4.69, 9.17) is 9.72 Å². The Morgan fingerprint density at radius 3 is 2.94 bits per heavy atom. The van der Waals surface area contributed by atoms with Gasteiger partial charge in [0.1, 0.15) is 12.3 Å². The van der Waals surface area contributed by atoms with E-state index in [-0.39, 0.29) is 12.5 Å². The Balaban J connectivity index is 1.43. The minimum absolute atomic E-state index is 0.0533. The number of nitrogens with one attached hydrogen (secondary N) is 2. The molecule has 0 spiro atoms. The van der Waals surface area contributed by atoms with Crippen LogP contribution in [0.2, 0.25) is 0 Å².